The molecule has 0 radical (unpaired) electrons. The lowest BCUT2D eigenvalue weighted by Crippen LogP contribution is -2.46. The minimum atomic E-state index is -0.667. The van der Waals surface area contributed by atoms with Gasteiger partial charge in [0.15, 0.2) is 0 Å². The second-order valence-corrected chi connectivity index (χ2v) is 4.53. The number of rotatable bonds is 4. The zero-order chi connectivity index (χ0) is 13.7. The number of carbonyl (C=O) groups excluding carboxylic acids is 4. The number of nitrogens with one attached hydrogen (secondary N) is 2. The van der Waals surface area contributed by atoms with Gasteiger partial charge in [0.1, 0.15) is 6.54 Å². The van der Waals surface area contributed by atoms with Crippen molar-refractivity contribution in [1.82, 2.24) is 15.5 Å². The lowest BCUT2D eigenvalue weighted by Gasteiger charge is -2.13. The predicted molar refractivity (Wildman–Crippen MR) is 62.3 cm³/mol. The summed E-state index contributed by atoms with van der Waals surface area (Å²) >= 11 is 0. The van der Waals surface area contributed by atoms with E-state index in [0.717, 1.165) is 4.90 Å². The fourth-order valence-electron chi connectivity index (χ4n) is 1.45. The summed E-state index contributed by atoms with van der Waals surface area (Å²) in [4.78, 5) is 46.0. The lowest BCUT2D eigenvalue weighted by molar-refractivity contribution is -0.142. The van der Waals surface area contributed by atoms with Crippen molar-refractivity contribution < 1.29 is 19.2 Å². The first kappa shape index (κ1) is 14.1. The Morgan fingerprint density at radius 2 is 1.78 bits per heavy atom. The Kier molecular flexibility index (Phi) is 4.82. The molecule has 7 heteroatoms. The fourth-order valence-corrected chi connectivity index (χ4v) is 1.45. The Bertz CT molecular complexity index is 362. The van der Waals surface area contributed by atoms with Gasteiger partial charge in [-0.2, -0.15) is 0 Å². The van der Waals surface area contributed by atoms with Gasteiger partial charge in [-0.1, -0.05) is 13.8 Å². The molecule has 0 unspecified atom stereocenters. The molecule has 0 aromatic heterocycles. The van der Waals surface area contributed by atoms with Crippen LogP contribution in [0.3, 0.4) is 0 Å². The van der Waals surface area contributed by atoms with Crippen molar-refractivity contribution in [3.05, 3.63) is 0 Å². The highest BCUT2D eigenvalue weighted by molar-refractivity contribution is 6.06. The SMILES string of the molecule is CC(C)CNC(=O)NC(=O)CN1C(=O)CCC1=O. The minimum Gasteiger partial charge on any atom is -0.338 e. The fraction of sp³-hybridized carbons (Fsp3) is 0.636. The van der Waals surface area contributed by atoms with Crippen molar-refractivity contribution in [3.8, 4) is 0 Å². The molecule has 0 aromatic rings. The molecule has 0 bridgehead atoms. The number of hydrogen-bond donors (Lipinski definition) is 2. The van der Waals surface area contributed by atoms with Crippen molar-refractivity contribution in [2.45, 2.75) is 26.7 Å². The monoisotopic (exact) mass is 255 g/mol. The van der Waals surface area contributed by atoms with Crippen LogP contribution in [0.2, 0.25) is 0 Å². The summed E-state index contributed by atoms with van der Waals surface area (Å²) in [6, 6.07) is -0.618. The predicted octanol–water partition coefficient (Wildman–Crippen LogP) is -0.383. The van der Waals surface area contributed by atoms with Crippen molar-refractivity contribution in [1.29, 1.82) is 0 Å². The summed E-state index contributed by atoms with van der Waals surface area (Å²) in [5, 5.41) is 4.57. The summed E-state index contributed by atoms with van der Waals surface area (Å²) < 4.78 is 0. The molecule has 0 atom stereocenters. The van der Waals surface area contributed by atoms with Crippen LogP contribution in [0.5, 0.6) is 0 Å². The molecule has 1 fully saturated rings. The average Bonchev–Trinajstić information content (AvgIpc) is 2.58. The molecular weight excluding hydrogens is 238 g/mol. The number of hydrogen-bond acceptors (Lipinski definition) is 4. The zero-order valence-electron chi connectivity index (χ0n) is 10.5. The third-order valence-electron chi connectivity index (χ3n) is 2.38. The molecule has 0 saturated carbocycles. The number of imide groups is 2. The maximum absolute atomic E-state index is 11.4. The Hall–Kier alpha value is -1.92. The summed E-state index contributed by atoms with van der Waals surface area (Å²) in [5.74, 6) is -1.15. The van der Waals surface area contributed by atoms with Crippen LogP contribution in [0.1, 0.15) is 26.7 Å². The smallest absolute Gasteiger partial charge is 0.321 e. The van der Waals surface area contributed by atoms with Crippen LogP contribution in [0, 0.1) is 5.92 Å². The number of carbonyl (C=O) groups is 4. The van der Waals surface area contributed by atoms with E-state index in [9.17, 15) is 19.2 Å². The molecular formula is C11H17N3O4. The summed E-state index contributed by atoms with van der Waals surface area (Å²) in [5.41, 5.74) is 0. The van der Waals surface area contributed by atoms with Crippen molar-refractivity contribution in [3.63, 3.8) is 0 Å². The van der Waals surface area contributed by atoms with E-state index in [1.807, 2.05) is 13.8 Å². The van der Waals surface area contributed by atoms with E-state index in [2.05, 4.69) is 10.6 Å². The van der Waals surface area contributed by atoms with Crippen LogP contribution in [-0.4, -0.2) is 41.7 Å². The van der Waals surface area contributed by atoms with Crippen molar-refractivity contribution in [2.24, 2.45) is 5.92 Å². The largest absolute Gasteiger partial charge is 0.338 e. The first-order valence-electron chi connectivity index (χ1n) is 5.81. The molecule has 18 heavy (non-hydrogen) atoms. The standard InChI is InChI=1S/C11H17N3O4/c1-7(2)5-12-11(18)13-8(15)6-14-9(16)3-4-10(14)17/h7H,3-6H2,1-2H3,(H2,12,13,15,18). The van der Waals surface area contributed by atoms with Crippen LogP contribution in [0.15, 0.2) is 0 Å². The molecule has 100 valence electrons. The molecule has 1 rings (SSSR count). The molecule has 0 spiro atoms. The Morgan fingerprint density at radius 1 is 1.22 bits per heavy atom. The molecule has 2 N–H and O–H groups in total. The molecule has 1 aliphatic rings. The van der Waals surface area contributed by atoms with Crippen LogP contribution in [0.25, 0.3) is 0 Å². The van der Waals surface area contributed by atoms with E-state index in [4.69, 9.17) is 0 Å². The van der Waals surface area contributed by atoms with Gasteiger partial charge in [0.05, 0.1) is 0 Å². The summed E-state index contributed by atoms with van der Waals surface area (Å²) in [6.07, 6.45) is 0.261. The van der Waals surface area contributed by atoms with Crippen molar-refractivity contribution >= 4 is 23.8 Å². The molecule has 0 aromatic carbocycles. The van der Waals surface area contributed by atoms with E-state index >= 15 is 0 Å². The third-order valence-corrected chi connectivity index (χ3v) is 2.38. The molecule has 7 nitrogen and oxygen atoms in total. The van der Waals surface area contributed by atoms with Gasteiger partial charge in [-0.05, 0) is 5.92 Å². The number of likely N-dealkylation sites (tertiary alicyclic amines) is 1. The highest BCUT2D eigenvalue weighted by Crippen LogP contribution is 2.10. The number of urea groups is 1. The van der Waals surface area contributed by atoms with Gasteiger partial charge in [-0.15, -0.1) is 0 Å². The van der Waals surface area contributed by atoms with Gasteiger partial charge in [0.25, 0.3) is 0 Å². The second kappa shape index (κ2) is 6.13. The highest BCUT2D eigenvalue weighted by Gasteiger charge is 2.30. The van der Waals surface area contributed by atoms with E-state index in [-0.39, 0.29) is 30.6 Å². The first-order chi connectivity index (χ1) is 8.40. The van der Waals surface area contributed by atoms with Crippen LogP contribution >= 0.6 is 0 Å². The normalized spacial score (nSPS) is 15.2. The van der Waals surface area contributed by atoms with Gasteiger partial charge >= 0.3 is 6.03 Å². The molecule has 5 amide bonds. The van der Waals surface area contributed by atoms with Crippen LogP contribution in [0.4, 0.5) is 4.79 Å². The van der Waals surface area contributed by atoms with Crippen molar-refractivity contribution in [2.75, 3.05) is 13.1 Å². The van der Waals surface area contributed by atoms with Gasteiger partial charge in [0.2, 0.25) is 17.7 Å². The van der Waals surface area contributed by atoms with Gasteiger partial charge in [0, 0.05) is 19.4 Å². The van der Waals surface area contributed by atoms with E-state index in [1.165, 1.54) is 0 Å². The summed E-state index contributed by atoms with van der Waals surface area (Å²) in [7, 11) is 0. The molecule has 1 saturated heterocycles. The molecule has 1 heterocycles. The van der Waals surface area contributed by atoms with Gasteiger partial charge < -0.3 is 5.32 Å². The Labute approximate surface area is 105 Å². The van der Waals surface area contributed by atoms with E-state index < -0.39 is 18.5 Å². The molecule has 1 aliphatic heterocycles. The van der Waals surface area contributed by atoms with Crippen LogP contribution in [-0.2, 0) is 14.4 Å². The Balaban J connectivity index is 2.35. The highest BCUT2D eigenvalue weighted by atomic mass is 16.2. The number of nitrogens with zero attached hydrogens (tertiary/aromatic N) is 1. The van der Waals surface area contributed by atoms with Crippen LogP contribution < -0.4 is 10.6 Å². The Morgan fingerprint density at radius 3 is 2.28 bits per heavy atom. The average molecular weight is 255 g/mol. The molecule has 0 aliphatic carbocycles. The first-order valence-corrected chi connectivity index (χ1v) is 5.81. The minimum absolute atomic E-state index is 0.131. The van der Waals surface area contributed by atoms with E-state index in [0.29, 0.717) is 6.54 Å². The number of amides is 5. The second-order valence-electron chi connectivity index (χ2n) is 4.53. The quantitative estimate of drug-likeness (QED) is 0.669. The van der Waals surface area contributed by atoms with E-state index in [1.54, 1.807) is 0 Å². The van der Waals surface area contributed by atoms with Gasteiger partial charge in [-0.3, -0.25) is 24.6 Å². The van der Waals surface area contributed by atoms with Gasteiger partial charge in [-0.25, -0.2) is 4.79 Å². The zero-order valence-corrected chi connectivity index (χ0v) is 10.5. The lowest BCUT2D eigenvalue weighted by atomic mass is 10.2. The topological polar surface area (TPSA) is 95.6 Å². The summed E-state index contributed by atoms with van der Waals surface area (Å²) in [6.45, 7) is 3.89. The maximum Gasteiger partial charge on any atom is 0.321 e. The third kappa shape index (κ3) is 4.15. The maximum atomic E-state index is 11.4.